The molecule has 0 spiro atoms. The quantitative estimate of drug-likeness (QED) is 0.653. The standard InChI is InChI=1S/C15H14.C9H10O3/c1-3-7-12(8-4-1)14-11-15(14)13-9-5-2-6-10-13;1-6-4-3-5-7(9(10)11)8(6)12-2/h1-10,14-15H,11H2;3-5H,1-2H3,(H,10,11). The Labute approximate surface area is 160 Å². The maximum absolute atomic E-state index is 10.7. The average Bonchev–Trinajstić information content (AvgIpc) is 3.50. The van der Waals surface area contributed by atoms with Crippen LogP contribution in [0.2, 0.25) is 0 Å². The Balaban J connectivity index is 0.000000161. The van der Waals surface area contributed by atoms with Crippen LogP contribution in [0.3, 0.4) is 0 Å². The third kappa shape index (κ3) is 4.56. The summed E-state index contributed by atoms with van der Waals surface area (Å²) in [6.45, 7) is 1.81. The summed E-state index contributed by atoms with van der Waals surface area (Å²) >= 11 is 0. The Kier molecular flexibility index (Phi) is 5.92. The Morgan fingerprint density at radius 2 is 1.37 bits per heavy atom. The predicted molar refractivity (Wildman–Crippen MR) is 108 cm³/mol. The third-order valence-electron chi connectivity index (χ3n) is 4.89. The molecule has 0 saturated heterocycles. The van der Waals surface area contributed by atoms with E-state index >= 15 is 0 Å². The zero-order chi connectivity index (χ0) is 19.2. The molecule has 27 heavy (non-hydrogen) atoms. The number of aryl methyl sites for hydroxylation is 1. The van der Waals surface area contributed by atoms with Crippen molar-refractivity contribution in [2.75, 3.05) is 7.11 Å². The van der Waals surface area contributed by atoms with Gasteiger partial charge in [-0.15, -0.1) is 0 Å². The molecule has 3 nitrogen and oxygen atoms in total. The number of rotatable bonds is 4. The van der Waals surface area contributed by atoms with Gasteiger partial charge in [-0.1, -0.05) is 72.8 Å². The lowest BCUT2D eigenvalue weighted by atomic mass is 10.0. The van der Waals surface area contributed by atoms with Crippen molar-refractivity contribution in [2.24, 2.45) is 0 Å². The number of ether oxygens (including phenoxy) is 1. The summed E-state index contributed by atoms with van der Waals surface area (Å²) in [5, 5.41) is 8.74. The number of aromatic carboxylic acids is 1. The molecule has 3 aromatic rings. The predicted octanol–water partition coefficient (Wildman–Crippen LogP) is 5.66. The molecule has 0 aliphatic heterocycles. The van der Waals surface area contributed by atoms with E-state index in [-0.39, 0.29) is 5.56 Å². The van der Waals surface area contributed by atoms with Gasteiger partial charge >= 0.3 is 5.97 Å². The van der Waals surface area contributed by atoms with Crippen molar-refractivity contribution >= 4 is 5.97 Å². The number of carboxylic acid groups (broad SMARTS) is 1. The molecule has 0 bridgehead atoms. The second-order valence-corrected chi connectivity index (χ2v) is 6.73. The van der Waals surface area contributed by atoms with Crippen LogP contribution in [0.5, 0.6) is 5.75 Å². The highest BCUT2D eigenvalue weighted by Gasteiger charge is 2.38. The normalized spacial score (nSPS) is 17.4. The molecule has 4 rings (SSSR count). The maximum atomic E-state index is 10.7. The van der Waals surface area contributed by atoms with E-state index in [9.17, 15) is 4.79 Å². The molecule has 2 unspecified atom stereocenters. The number of benzene rings is 3. The van der Waals surface area contributed by atoms with Crippen molar-refractivity contribution in [3.8, 4) is 5.75 Å². The minimum Gasteiger partial charge on any atom is -0.496 e. The molecule has 0 radical (unpaired) electrons. The second-order valence-electron chi connectivity index (χ2n) is 6.73. The van der Waals surface area contributed by atoms with E-state index in [1.807, 2.05) is 13.0 Å². The fraction of sp³-hybridized carbons (Fsp3) is 0.208. The van der Waals surface area contributed by atoms with Gasteiger partial charge in [-0.3, -0.25) is 0 Å². The molecule has 0 amide bonds. The lowest BCUT2D eigenvalue weighted by Crippen LogP contribution is -2.01. The Morgan fingerprint density at radius 1 is 0.852 bits per heavy atom. The molecule has 1 fully saturated rings. The van der Waals surface area contributed by atoms with Crippen LogP contribution in [0, 0.1) is 6.92 Å². The second kappa shape index (κ2) is 8.54. The number of hydrogen-bond acceptors (Lipinski definition) is 2. The van der Waals surface area contributed by atoms with Gasteiger partial charge in [0.25, 0.3) is 0 Å². The summed E-state index contributed by atoms with van der Waals surface area (Å²) in [6.07, 6.45) is 1.31. The molecular weight excluding hydrogens is 336 g/mol. The van der Waals surface area contributed by atoms with Gasteiger partial charge in [0, 0.05) is 0 Å². The molecule has 1 N–H and O–H groups in total. The molecule has 1 aliphatic rings. The zero-order valence-electron chi connectivity index (χ0n) is 15.6. The van der Waals surface area contributed by atoms with Gasteiger partial charge < -0.3 is 9.84 Å². The van der Waals surface area contributed by atoms with Crippen molar-refractivity contribution in [2.45, 2.75) is 25.2 Å². The van der Waals surface area contributed by atoms with Gasteiger partial charge in [0.05, 0.1) is 7.11 Å². The van der Waals surface area contributed by atoms with Crippen LogP contribution in [0.1, 0.15) is 45.3 Å². The van der Waals surface area contributed by atoms with E-state index in [1.165, 1.54) is 30.7 Å². The van der Waals surface area contributed by atoms with Crippen LogP contribution in [-0.2, 0) is 0 Å². The van der Waals surface area contributed by atoms with Gasteiger partial charge in [0.1, 0.15) is 11.3 Å². The summed E-state index contributed by atoms with van der Waals surface area (Å²) in [7, 11) is 1.47. The summed E-state index contributed by atoms with van der Waals surface area (Å²) in [5.41, 5.74) is 4.02. The summed E-state index contributed by atoms with van der Waals surface area (Å²) in [6, 6.07) is 26.7. The van der Waals surface area contributed by atoms with Crippen LogP contribution in [0.4, 0.5) is 0 Å². The van der Waals surface area contributed by atoms with Crippen LogP contribution < -0.4 is 4.74 Å². The van der Waals surface area contributed by atoms with Crippen molar-refractivity contribution < 1.29 is 14.6 Å². The maximum Gasteiger partial charge on any atom is 0.339 e. The first-order valence-electron chi connectivity index (χ1n) is 9.08. The van der Waals surface area contributed by atoms with Crippen LogP contribution >= 0.6 is 0 Å². The fourth-order valence-corrected chi connectivity index (χ4v) is 3.42. The van der Waals surface area contributed by atoms with Gasteiger partial charge in [-0.2, -0.15) is 0 Å². The first-order chi connectivity index (χ1) is 13.1. The van der Waals surface area contributed by atoms with E-state index < -0.39 is 5.97 Å². The van der Waals surface area contributed by atoms with Gasteiger partial charge in [-0.25, -0.2) is 4.79 Å². The van der Waals surface area contributed by atoms with E-state index in [2.05, 4.69) is 60.7 Å². The zero-order valence-corrected chi connectivity index (χ0v) is 15.6. The van der Waals surface area contributed by atoms with Crippen LogP contribution in [-0.4, -0.2) is 18.2 Å². The minimum absolute atomic E-state index is 0.206. The molecule has 1 aliphatic carbocycles. The highest BCUT2D eigenvalue weighted by Crippen LogP contribution is 2.54. The number of hydrogen-bond donors (Lipinski definition) is 1. The Bertz CT molecular complexity index is 845. The van der Waals surface area contributed by atoms with Crippen LogP contribution in [0.25, 0.3) is 0 Å². The van der Waals surface area contributed by atoms with Crippen molar-refractivity contribution in [1.29, 1.82) is 0 Å². The highest BCUT2D eigenvalue weighted by atomic mass is 16.5. The smallest absolute Gasteiger partial charge is 0.339 e. The SMILES string of the molecule is COc1c(C)cccc1C(=O)O.c1ccc(C2CC2c2ccccc2)cc1. The number of methoxy groups -OCH3 is 1. The molecular formula is C24H24O3. The monoisotopic (exact) mass is 360 g/mol. The van der Waals surface area contributed by atoms with Gasteiger partial charge in [0.15, 0.2) is 0 Å². The Morgan fingerprint density at radius 3 is 1.78 bits per heavy atom. The topological polar surface area (TPSA) is 46.5 Å². The van der Waals surface area contributed by atoms with Crippen molar-refractivity contribution in [3.63, 3.8) is 0 Å². The van der Waals surface area contributed by atoms with E-state index in [0.29, 0.717) is 5.75 Å². The van der Waals surface area contributed by atoms with Gasteiger partial charge in [-0.05, 0) is 47.9 Å². The largest absolute Gasteiger partial charge is 0.496 e. The number of carbonyl (C=O) groups is 1. The number of para-hydroxylation sites is 1. The van der Waals surface area contributed by atoms with Crippen molar-refractivity contribution in [1.82, 2.24) is 0 Å². The summed E-state index contributed by atoms with van der Waals surface area (Å²) in [5.74, 6) is 0.989. The molecule has 138 valence electrons. The summed E-state index contributed by atoms with van der Waals surface area (Å²) in [4.78, 5) is 10.7. The van der Waals surface area contributed by atoms with E-state index in [0.717, 1.165) is 17.4 Å². The van der Waals surface area contributed by atoms with Gasteiger partial charge in [0.2, 0.25) is 0 Å². The van der Waals surface area contributed by atoms with Crippen LogP contribution in [0.15, 0.2) is 78.9 Å². The molecule has 3 aromatic carbocycles. The third-order valence-corrected chi connectivity index (χ3v) is 4.89. The molecule has 2 atom stereocenters. The molecule has 0 heterocycles. The molecule has 1 saturated carbocycles. The lowest BCUT2D eigenvalue weighted by Gasteiger charge is -2.06. The Hall–Kier alpha value is -3.07. The minimum atomic E-state index is -0.962. The fourth-order valence-electron chi connectivity index (χ4n) is 3.42. The molecule has 0 aromatic heterocycles. The van der Waals surface area contributed by atoms with E-state index in [1.54, 1.807) is 6.07 Å². The first-order valence-corrected chi connectivity index (χ1v) is 9.08. The molecule has 3 heteroatoms. The average molecular weight is 360 g/mol. The number of carboxylic acids is 1. The lowest BCUT2D eigenvalue weighted by molar-refractivity contribution is 0.0693. The first kappa shape index (κ1) is 18.7. The highest BCUT2D eigenvalue weighted by molar-refractivity contribution is 5.91. The van der Waals surface area contributed by atoms with E-state index in [4.69, 9.17) is 9.84 Å². The summed E-state index contributed by atoms with van der Waals surface area (Å²) < 4.78 is 4.96. The van der Waals surface area contributed by atoms with Crippen molar-refractivity contribution in [3.05, 3.63) is 101 Å².